The number of benzene rings is 1. The lowest BCUT2D eigenvalue weighted by Gasteiger charge is -2.21. The highest BCUT2D eigenvalue weighted by molar-refractivity contribution is 5.95. The zero-order valence-corrected chi connectivity index (χ0v) is 19.3. The van der Waals surface area contributed by atoms with Crippen LogP contribution in [0.1, 0.15) is 28.5 Å². The largest absolute Gasteiger partial charge is 0.379 e. The van der Waals surface area contributed by atoms with Crippen LogP contribution < -0.4 is 10.6 Å². The molecule has 6 rings (SSSR count). The van der Waals surface area contributed by atoms with E-state index in [1.54, 1.807) is 10.7 Å². The van der Waals surface area contributed by atoms with Gasteiger partial charge < -0.3 is 19.9 Å². The van der Waals surface area contributed by atoms with E-state index in [2.05, 4.69) is 37.8 Å². The number of carbonyl (C=O) groups excluding carboxylic acids is 1. The molecule has 1 aliphatic heterocycles. The van der Waals surface area contributed by atoms with Crippen molar-refractivity contribution in [2.24, 2.45) is 5.73 Å². The molecule has 1 fully saturated rings. The summed E-state index contributed by atoms with van der Waals surface area (Å²) >= 11 is 0. The molecule has 5 aromatic rings. The molecule has 5 heterocycles. The molecule has 0 aliphatic carbocycles. The standard InChI is InChI=1S/C26H25N7O2/c1-31(14-17-6-3-2-4-7-17)22-12-21(30-33-23(24(27)34)13-29-26(22)33)20-15-32(18-9-11-35-16-18)25-19(20)8-5-10-28-25/h2-8,10,12-13,15,18H,9,11,14,16H2,1H3,(H2,27,34). The van der Waals surface area contributed by atoms with Crippen molar-refractivity contribution in [3.05, 3.63) is 78.4 Å². The smallest absolute Gasteiger partial charge is 0.269 e. The molecular formula is C26H25N7O2. The molecule has 1 saturated heterocycles. The summed E-state index contributed by atoms with van der Waals surface area (Å²) in [5.74, 6) is -0.578. The van der Waals surface area contributed by atoms with Crippen molar-refractivity contribution in [3.8, 4) is 11.3 Å². The van der Waals surface area contributed by atoms with Crippen molar-refractivity contribution >= 4 is 28.3 Å². The minimum atomic E-state index is -0.578. The Balaban J connectivity index is 1.54. The number of hydrogen-bond donors (Lipinski definition) is 1. The lowest BCUT2D eigenvalue weighted by Crippen LogP contribution is -2.19. The number of nitrogens with two attached hydrogens (primary N) is 1. The lowest BCUT2D eigenvalue weighted by molar-refractivity contribution is 0.0993. The zero-order chi connectivity index (χ0) is 23.9. The van der Waals surface area contributed by atoms with Gasteiger partial charge in [-0.15, -0.1) is 0 Å². The van der Waals surface area contributed by atoms with E-state index in [1.165, 1.54) is 6.20 Å². The molecule has 1 unspecified atom stereocenters. The number of nitrogens with zero attached hydrogens (tertiary/aromatic N) is 6. The summed E-state index contributed by atoms with van der Waals surface area (Å²) in [5.41, 5.74) is 11.0. The summed E-state index contributed by atoms with van der Waals surface area (Å²) in [6, 6.07) is 16.4. The van der Waals surface area contributed by atoms with Crippen molar-refractivity contribution in [1.29, 1.82) is 0 Å². The second-order valence-electron chi connectivity index (χ2n) is 8.84. The molecule has 1 amide bonds. The number of fused-ring (bicyclic) bond motifs is 2. The van der Waals surface area contributed by atoms with Gasteiger partial charge >= 0.3 is 0 Å². The number of ether oxygens (including phenoxy) is 1. The van der Waals surface area contributed by atoms with Crippen LogP contribution in [0, 0.1) is 0 Å². The van der Waals surface area contributed by atoms with Crippen LogP contribution >= 0.6 is 0 Å². The van der Waals surface area contributed by atoms with Crippen molar-refractivity contribution < 1.29 is 9.53 Å². The van der Waals surface area contributed by atoms with Gasteiger partial charge in [0.05, 0.1) is 30.2 Å². The van der Waals surface area contributed by atoms with Gasteiger partial charge in [0.25, 0.3) is 5.91 Å². The highest BCUT2D eigenvalue weighted by Gasteiger charge is 2.24. The number of hydrogen-bond acceptors (Lipinski definition) is 6. The van der Waals surface area contributed by atoms with Gasteiger partial charge in [-0.3, -0.25) is 4.79 Å². The highest BCUT2D eigenvalue weighted by Crippen LogP contribution is 2.35. The molecule has 9 heteroatoms. The molecule has 1 atom stereocenters. The van der Waals surface area contributed by atoms with Gasteiger partial charge in [-0.2, -0.15) is 5.10 Å². The van der Waals surface area contributed by atoms with Crippen molar-refractivity contribution in [1.82, 2.24) is 24.1 Å². The topological polar surface area (TPSA) is 104 Å². The molecule has 9 nitrogen and oxygen atoms in total. The van der Waals surface area contributed by atoms with Gasteiger partial charge in [-0.1, -0.05) is 30.3 Å². The third kappa shape index (κ3) is 3.70. The molecule has 0 bridgehead atoms. The third-order valence-corrected chi connectivity index (χ3v) is 6.54. The SMILES string of the molecule is CN(Cc1ccccc1)c1cc(-c2cn(C3CCOC3)c3ncccc23)nn2c(C(N)=O)cnc12. The quantitative estimate of drug-likeness (QED) is 0.410. The average Bonchev–Trinajstić information content (AvgIpc) is 3.62. The van der Waals surface area contributed by atoms with Gasteiger partial charge in [0.15, 0.2) is 5.65 Å². The highest BCUT2D eigenvalue weighted by atomic mass is 16.5. The lowest BCUT2D eigenvalue weighted by atomic mass is 10.1. The van der Waals surface area contributed by atoms with Crippen molar-refractivity contribution in [3.63, 3.8) is 0 Å². The Morgan fingerprint density at radius 1 is 1.17 bits per heavy atom. The first kappa shape index (κ1) is 21.3. The molecule has 0 saturated carbocycles. The van der Waals surface area contributed by atoms with E-state index in [4.69, 9.17) is 15.6 Å². The summed E-state index contributed by atoms with van der Waals surface area (Å²) in [4.78, 5) is 23.4. The van der Waals surface area contributed by atoms with Crippen LogP contribution in [0.25, 0.3) is 27.9 Å². The van der Waals surface area contributed by atoms with Crippen LogP contribution in [0.3, 0.4) is 0 Å². The second-order valence-corrected chi connectivity index (χ2v) is 8.84. The molecule has 35 heavy (non-hydrogen) atoms. The predicted octanol–water partition coefficient (Wildman–Crippen LogP) is 3.44. The molecule has 176 valence electrons. The monoisotopic (exact) mass is 467 g/mol. The average molecular weight is 468 g/mol. The summed E-state index contributed by atoms with van der Waals surface area (Å²) in [5, 5.41) is 5.81. The Morgan fingerprint density at radius 2 is 2.03 bits per heavy atom. The Kier molecular flexibility index (Phi) is 5.18. The van der Waals surface area contributed by atoms with E-state index in [-0.39, 0.29) is 11.7 Å². The minimum absolute atomic E-state index is 0.222. The number of rotatable bonds is 6. The van der Waals surface area contributed by atoms with Gasteiger partial charge in [0, 0.05) is 43.5 Å². The van der Waals surface area contributed by atoms with E-state index in [0.717, 1.165) is 40.9 Å². The van der Waals surface area contributed by atoms with Gasteiger partial charge in [0.2, 0.25) is 0 Å². The maximum absolute atomic E-state index is 12.2. The number of imidazole rings is 1. The fraction of sp³-hybridized carbons (Fsp3) is 0.231. The first-order valence-corrected chi connectivity index (χ1v) is 11.6. The van der Waals surface area contributed by atoms with E-state index in [0.29, 0.717) is 24.5 Å². The minimum Gasteiger partial charge on any atom is -0.379 e. The Hall–Kier alpha value is -4.24. The van der Waals surface area contributed by atoms with Crippen LogP contribution in [0.4, 0.5) is 5.69 Å². The number of carbonyl (C=O) groups is 1. The first-order valence-electron chi connectivity index (χ1n) is 11.6. The van der Waals surface area contributed by atoms with E-state index >= 15 is 0 Å². The van der Waals surface area contributed by atoms with Crippen molar-refractivity contribution in [2.75, 3.05) is 25.2 Å². The maximum atomic E-state index is 12.2. The maximum Gasteiger partial charge on any atom is 0.269 e. The summed E-state index contributed by atoms with van der Waals surface area (Å²) in [7, 11) is 2.01. The van der Waals surface area contributed by atoms with Gasteiger partial charge in [-0.05, 0) is 30.2 Å². The molecule has 1 aliphatic rings. The van der Waals surface area contributed by atoms with E-state index < -0.39 is 5.91 Å². The normalized spacial score (nSPS) is 15.7. The molecule has 2 N–H and O–H groups in total. The van der Waals surface area contributed by atoms with E-state index in [9.17, 15) is 4.79 Å². The number of pyridine rings is 1. The molecular weight excluding hydrogens is 442 g/mol. The number of primary amides is 1. The van der Waals surface area contributed by atoms with Crippen LogP contribution in [-0.2, 0) is 11.3 Å². The number of amides is 1. The Morgan fingerprint density at radius 3 is 2.80 bits per heavy atom. The summed E-state index contributed by atoms with van der Waals surface area (Å²) < 4.78 is 9.37. The zero-order valence-electron chi connectivity index (χ0n) is 19.3. The fourth-order valence-corrected chi connectivity index (χ4v) is 4.78. The predicted molar refractivity (Wildman–Crippen MR) is 133 cm³/mol. The molecule has 0 spiro atoms. The molecule has 0 radical (unpaired) electrons. The fourth-order valence-electron chi connectivity index (χ4n) is 4.78. The number of anilines is 1. The number of aromatic nitrogens is 5. The first-order chi connectivity index (χ1) is 17.1. The molecule has 1 aromatic carbocycles. The van der Waals surface area contributed by atoms with E-state index in [1.807, 2.05) is 43.4 Å². The van der Waals surface area contributed by atoms with Gasteiger partial charge in [0.1, 0.15) is 11.3 Å². The van der Waals surface area contributed by atoms with Crippen LogP contribution in [0.15, 0.2) is 67.1 Å². The van der Waals surface area contributed by atoms with Crippen LogP contribution in [0.5, 0.6) is 0 Å². The Bertz CT molecular complexity index is 1530. The van der Waals surface area contributed by atoms with Crippen molar-refractivity contribution in [2.45, 2.75) is 19.0 Å². The molecule has 4 aromatic heterocycles. The third-order valence-electron chi connectivity index (χ3n) is 6.54. The van der Waals surface area contributed by atoms with Crippen LogP contribution in [-0.4, -0.2) is 50.3 Å². The van der Waals surface area contributed by atoms with Crippen LogP contribution in [0.2, 0.25) is 0 Å². The second kappa shape index (κ2) is 8.52. The summed E-state index contributed by atoms with van der Waals surface area (Å²) in [6.45, 7) is 2.06. The van der Waals surface area contributed by atoms with Gasteiger partial charge in [-0.25, -0.2) is 14.5 Å². The Labute approximate surface area is 201 Å². The summed E-state index contributed by atoms with van der Waals surface area (Å²) in [6.07, 6.45) is 6.31.